The summed E-state index contributed by atoms with van der Waals surface area (Å²) in [5.74, 6) is 0.0553. The molecule has 0 saturated carbocycles. The first-order valence-electron chi connectivity index (χ1n) is 10.1. The molecule has 1 aliphatic rings. The minimum absolute atomic E-state index is 0.0125. The number of amides is 2. The Morgan fingerprint density at radius 1 is 0.821 bits per heavy atom. The predicted octanol–water partition coefficient (Wildman–Crippen LogP) is 3.13. The molecular weight excluding hydrogens is 350 g/mol. The van der Waals surface area contributed by atoms with Crippen LogP contribution in [-0.4, -0.2) is 65.8 Å². The quantitative estimate of drug-likeness (QED) is 0.775. The average Bonchev–Trinajstić information content (AvgIpc) is 2.75. The van der Waals surface area contributed by atoms with Crippen LogP contribution in [0.2, 0.25) is 0 Å². The van der Waals surface area contributed by atoms with Crippen LogP contribution in [0.15, 0.2) is 54.6 Å². The van der Waals surface area contributed by atoms with Gasteiger partial charge in [-0.1, -0.05) is 30.3 Å². The van der Waals surface area contributed by atoms with E-state index in [1.54, 1.807) is 29.2 Å². The Hall–Kier alpha value is -2.66. The van der Waals surface area contributed by atoms with Gasteiger partial charge in [0.25, 0.3) is 11.8 Å². The zero-order chi connectivity index (χ0) is 19.9. The zero-order valence-electron chi connectivity index (χ0n) is 16.8. The molecule has 2 amide bonds. The highest BCUT2D eigenvalue weighted by atomic mass is 16.2. The molecule has 1 saturated heterocycles. The van der Waals surface area contributed by atoms with Crippen molar-refractivity contribution >= 4 is 11.8 Å². The number of rotatable bonds is 6. The molecule has 0 spiro atoms. The normalized spacial score (nSPS) is 14.7. The number of carbonyl (C=O) groups excluding carboxylic acids is 2. The number of hydrogen-bond donors (Lipinski definition) is 0. The topological polar surface area (TPSA) is 43.9 Å². The first kappa shape index (κ1) is 20.1. The molecule has 0 N–H and O–H groups in total. The first-order valence-corrected chi connectivity index (χ1v) is 10.1. The second-order valence-electron chi connectivity index (χ2n) is 7.11. The molecule has 0 radical (unpaired) electrons. The molecule has 0 atom stereocenters. The summed E-state index contributed by atoms with van der Waals surface area (Å²) in [6.07, 6.45) is 0. The van der Waals surface area contributed by atoms with Crippen molar-refractivity contribution in [2.75, 3.05) is 39.3 Å². The molecule has 148 valence electrons. The van der Waals surface area contributed by atoms with Crippen LogP contribution in [0.4, 0.5) is 0 Å². The van der Waals surface area contributed by atoms with Crippen molar-refractivity contribution in [3.05, 3.63) is 71.3 Å². The summed E-state index contributed by atoms with van der Waals surface area (Å²) in [6.45, 7) is 9.43. The van der Waals surface area contributed by atoms with E-state index in [-0.39, 0.29) is 11.8 Å². The van der Waals surface area contributed by atoms with E-state index in [1.807, 2.05) is 24.8 Å². The Balaban J connectivity index is 1.55. The Bertz CT molecular complexity index is 777. The van der Waals surface area contributed by atoms with Crippen LogP contribution in [-0.2, 0) is 6.54 Å². The van der Waals surface area contributed by atoms with Gasteiger partial charge < -0.3 is 9.80 Å². The lowest BCUT2D eigenvalue weighted by atomic mass is 10.1. The van der Waals surface area contributed by atoms with Crippen molar-refractivity contribution in [1.29, 1.82) is 0 Å². The molecule has 28 heavy (non-hydrogen) atoms. The van der Waals surface area contributed by atoms with Gasteiger partial charge in [0.2, 0.25) is 0 Å². The maximum atomic E-state index is 12.8. The third-order valence-corrected chi connectivity index (χ3v) is 5.34. The van der Waals surface area contributed by atoms with Gasteiger partial charge in [-0.3, -0.25) is 14.5 Å². The number of carbonyl (C=O) groups is 2. The molecule has 0 aromatic heterocycles. The van der Waals surface area contributed by atoms with E-state index in [0.29, 0.717) is 24.2 Å². The van der Waals surface area contributed by atoms with Gasteiger partial charge >= 0.3 is 0 Å². The van der Waals surface area contributed by atoms with Crippen LogP contribution in [0.1, 0.15) is 40.1 Å². The van der Waals surface area contributed by atoms with Crippen molar-refractivity contribution in [1.82, 2.24) is 14.7 Å². The van der Waals surface area contributed by atoms with E-state index in [9.17, 15) is 9.59 Å². The van der Waals surface area contributed by atoms with Gasteiger partial charge in [-0.2, -0.15) is 0 Å². The van der Waals surface area contributed by atoms with Crippen LogP contribution in [0.25, 0.3) is 0 Å². The standard InChI is InChI=1S/C23H29N3O2/c1-3-25(4-2)22(27)20-10-12-21(13-11-20)23(28)26-16-14-24(15-17-26)18-19-8-6-5-7-9-19/h5-13H,3-4,14-18H2,1-2H3. The fourth-order valence-corrected chi connectivity index (χ4v) is 3.58. The lowest BCUT2D eigenvalue weighted by Crippen LogP contribution is -2.48. The highest BCUT2D eigenvalue weighted by molar-refractivity contribution is 5.97. The molecule has 1 fully saturated rings. The van der Waals surface area contributed by atoms with E-state index in [1.165, 1.54) is 5.56 Å². The second-order valence-corrected chi connectivity index (χ2v) is 7.11. The molecular formula is C23H29N3O2. The Morgan fingerprint density at radius 3 is 1.96 bits per heavy atom. The Morgan fingerprint density at radius 2 is 1.39 bits per heavy atom. The summed E-state index contributed by atoms with van der Waals surface area (Å²) in [5.41, 5.74) is 2.58. The smallest absolute Gasteiger partial charge is 0.253 e. The molecule has 1 heterocycles. The number of hydrogen-bond acceptors (Lipinski definition) is 3. The van der Waals surface area contributed by atoms with Gasteiger partial charge in [-0.05, 0) is 43.7 Å². The van der Waals surface area contributed by atoms with Crippen LogP contribution in [0, 0.1) is 0 Å². The molecule has 2 aromatic rings. The predicted molar refractivity (Wildman–Crippen MR) is 111 cm³/mol. The number of benzene rings is 2. The molecule has 0 bridgehead atoms. The van der Waals surface area contributed by atoms with Gasteiger partial charge in [0, 0.05) is 56.9 Å². The Labute approximate surface area is 167 Å². The molecule has 1 aliphatic heterocycles. The highest BCUT2D eigenvalue weighted by Gasteiger charge is 2.22. The van der Waals surface area contributed by atoms with Crippen LogP contribution in [0.5, 0.6) is 0 Å². The molecule has 3 rings (SSSR count). The van der Waals surface area contributed by atoms with E-state index in [2.05, 4.69) is 29.2 Å². The molecule has 2 aromatic carbocycles. The number of nitrogens with zero attached hydrogens (tertiary/aromatic N) is 3. The second kappa shape index (κ2) is 9.51. The summed E-state index contributed by atoms with van der Waals surface area (Å²) in [7, 11) is 0. The maximum Gasteiger partial charge on any atom is 0.253 e. The van der Waals surface area contributed by atoms with E-state index < -0.39 is 0 Å². The summed E-state index contributed by atoms with van der Waals surface area (Å²) in [5, 5.41) is 0. The molecule has 0 unspecified atom stereocenters. The SMILES string of the molecule is CCN(CC)C(=O)c1ccc(C(=O)N2CCN(Cc3ccccc3)CC2)cc1. The molecule has 5 nitrogen and oxygen atoms in total. The van der Waals surface area contributed by atoms with Crippen molar-refractivity contribution in [3.8, 4) is 0 Å². The molecule has 0 aliphatic carbocycles. The first-order chi connectivity index (χ1) is 13.6. The van der Waals surface area contributed by atoms with Gasteiger partial charge in [-0.25, -0.2) is 0 Å². The average molecular weight is 380 g/mol. The summed E-state index contributed by atoms with van der Waals surface area (Å²) >= 11 is 0. The fraction of sp³-hybridized carbons (Fsp3) is 0.391. The molecule has 5 heteroatoms. The monoisotopic (exact) mass is 379 g/mol. The van der Waals surface area contributed by atoms with Gasteiger partial charge in [-0.15, -0.1) is 0 Å². The highest BCUT2D eigenvalue weighted by Crippen LogP contribution is 2.13. The lowest BCUT2D eigenvalue weighted by Gasteiger charge is -2.34. The van der Waals surface area contributed by atoms with Crippen molar-refractivity contribution in [3.63, 3.8) is 0 Å². The van der Waals surface area contributed by atoms with Crippen molar-refractivity contribution in [2.45, 2.75) is 20.4 Å². The summed E-state index contributed by atoms with van der Waals surface area (Å²) < 4.78 is 0. The van der Waals surface area contributed by atoms with Crippen molar-refractivity contribution < 1.29 is 9.59 Å². The van der Waals surface area contributed by atoms with Gasteiger partial charge in [0.15, 0.2) is 0 Å². The zero-order valence-corrected chi connectivity index (χ0v) is 16.8. The minimum atomic E-state index is 0.0125. The van der Waals surface area contributed by atoms with E-state index in [4.69, 9.17) is 0 Å². The Kier molecular flexibility index (Phi) is 6.82. The van der Waals surface area contributed by atoms with E-state index in [0.717, 1.165) is 32.7 Å². The third-order valence-electron chi connectivity index (χ3n) is 5.34. The minimum Gasteiger partial charge on any atom is -0.339 e. The van der Waals surface area contributed by atoms with Gasteiger partial charge in [0.1, 0.15) is 0 Å². The fourth-order valence-electron chi connectivity index (χ4n) is 3.58. The largest absolute Gasteiger partial charge is 0.339 e. The van der Waals surface area contributed by atoms with Crippen LogP contribution in [0.3, 0.4) is 0 Å². The van der Waals surface area contributed by atoms with Crippen LogP contribution >= 0.6 is 0 Å². The van der Waals surface area contributed by atoms with Gasteiger partial charge in [0.05, 0.1) is 0 Å². The lowest BCUT2D eigenvalue weighted by molar-refractivity contribution is 0.0627. The summed E-state index contributed by atoms with van der Waals surface area (Å²) in [6, 6.07) is 17.5. The third kappa shape index (κ3) is 4.78. The summed E-state index contributed by atoms with van der Waals surface area (Å²) in [4.78, 5) is 31.3. The van der Waals surface area contributed by atoms with E-state index >= 15 is 0 Å². The number of piperazine rings is 1. The van der Waals surface area contributed by atoms with Crippen LogP contribution < -0.4 is 0 Å². The maximum absolute atomic E-state index is 12.8. The van der Waals surface area contributed by atoms with Crippen molar-refractivity contribution in [2.24, 2.45) is 0 Å².